The minimum absolute atomic E-state index is 0.00513. The van der Waals surface area contributed by atoms with Crippen molar-refractivity contribution in [2.75, 3.05) is 32.4 Å². The largest absolute Gasteiger partial charge is 0.338 e. The Balaban J connectivity index is 1.20. The lowest BCUT2D eigenvalue weighted by Crippen LogP contribution is -2.34. The number of hydrogen-bond acceptors (Lipinski definition) is 7. The lowest BCUT2D eigenvalue weighted by molar-refractivity contribution is 0.0788. The molecule has 2 aliphatic rings. The van der Waals surface area contributed by atoms with Crippen LogP contribution in [0.15, 0.2) is 72.0 Å². The standard InChI is InChI=1S/C31H32F2N6O3S/c1-43(41,42)27-8-2-21(3-9-27)19-37-13-10-23(11-14-37)29-28(18-36-39(29)31-34-16-26(33)17-35-31)30(40)38-15-12-24(20-38)22-4-6-25(32)7-5-22/h2-9,16-18,23-24H,10-15,19-20H2,1H3. The number of amides is 1. The second-order valence-corrected chi connectivity index (χ2v) is 13.3. The van der Waals surface area contributed by atoms with Crippen molar-refractivity contribution in [3.8, 4) is 5.95 Å². The summed E-state index contributed by atoms with van der Waals surface area (Å²) in [5.41, 5.74) is 3.24. The van der Waals surface area contributed by atoms with Crippen molar-refractivity contribution < 1.29 is 22.0 Å². The number of piperidine rings is 1. The molecule has 224 valence electrons. The summed E-state index contributed by atoms with van der Waals surface area (Å²) in [5.74, 6) is -0.648. The number of hydrogen-bond donors (Lipinski definition) is 0. The number of likely N-dealkylation sites (tertiary alicyclic amines) is 2. The minimum atomic E-state index is -3.25. The molecule has 2 aromatic carbocycles. The van der Waals surface area contributed by atoms with E-state index >= 15 is 0 Å². The molecular weight excluding hydrogens is 574 g/mol. The highest BCUT2D eigenvalue weighted by Gasteiger charge is 2.34. The van der Waals surface area contributed by atoms with Crippen molar-refractivity contribution in [3.63, 3.8) is 0 Å². The van der Waals surface area contributed by atoms with Gasteiger partial charge in [0.25, 0.3) is 11.9 Å². The second-order valence-electron chi connectivity index (χ2n) is 11.3. The van der Waals surface area contributed by atoms with Gasteiger partial charge in [-0.15, -0.1) is 0 Å². The zero-order chi connectivity index (χ0) is 30.1. The molecule has 4 heterocycles. The molecule has 2 fully saturated rings. The summed E-state index contributed by atoms with van der Waals surface area (Å²) >= 11 is 0. The van der Waals surface area contributed by atoms with Crippen LogP contribution in [0.2, 0.25) is 0 Å². The van der Waals surface area contributed by atoms with E-state index in [0.29, 0.717) is 30.1 Å². The van der Waals surface area contributed by atoms with Crippen LogP contribution in [0.3, 0.4) is 0 Å². The maximum atomic E-state index is 13.9. The first-order valence-electron chi connectivity index (χ1n) is 14.3. The normalized spacial score (nSPS) is 18.3. The Kier molecular flexibility index (Phi) is 8.06. The Labute approximate surface area is 249 Å². The van der Waals surface area contributed by atoms with E-state index in [4.69, 9.17) is 0 Å². The quantitative estimate of drug-likeness (QED) is 0.308. The molecule has 1 amide bonds. The number of carbonyl (C=O) groups excluding carboxylic acids is 1. The van der Waals surface area contributed by atoms with Crippen LogP contribution >= 0.6 is 0 Å². The molecule has 4 aromatic rings. The molecule has 6 rings (SSSR count). The monoisotopic (exact) mass is 606 g/mol. The van der Waals surface area contributed by atoms with Crippen LogP contribution in [0.1, 0.15) is 58.3 Å². The fourth-order valence-corrected chi connectivity index (χ4v) is 6.71. The molecule has 0 spiro atoms. The highest BCUT2D eigenvalue weighted by atomic mass is 32.2. The Morgan fingerprint density at radius 2 is 1.51 bits per heavy atom. The van der Waals surface area contributed by atoms with Gasteiger partial charge in [0.15, 0.2) is 15.7 Å². The van der Waals surface area contributed by atoms with Gasteiger partial charge in [-0.2, -0.15) is 5.10 Å². The van der Waals surface area contributed by atoms with Crippen molar-refractivity contribution in [3.05, 3.63) is 101 Å². The molecule has 9 nitrogen and oxygen atoms in total. The van der Waals surface area contributed by atoms with Crippen molar-refractivity contribution in [1.82, 2.24) is 29.5 Å². The predicted molar refractivity (Wildman–Crippen MR) is 156 cm³/mol. The van der Waals surface area contributed by atoms with E-state index in [1.165, 1.54) is 18.4 Å². The minimum Gasteiger partial charge on any atom is -0.338 e. The van der Waals surface area contributed by atoms with Crippen LogP contribution in [0, 0.1) is 11.6 Å². The van der Waals surface area contributed by atoms with Gasteiger partial charge in [-0.25, -0.2) is 31.8 Å². The highest BCUT2D eigenvalue weighted by molar-refractivity contribution is 7.90. The fraction of sp³-hybridized carbons (Fsp3) is 0.355. The van der Waals surface area contributed by atoms with Crippen LogP contribution in [-0.2, 0) is 16.4 Å². The Morgan fingerprint density at radius 3 is 2.16 bits per heavy atom. The van der Waals surface area contributed by atoms with Crippen LogP contribution in [-0.4, -0.2) is 76.3 Å². The number of rotatable bonds is 7. The Bertz CT molecular complexity index is 1700. The van der Waals surface area contributed by atoms with Gasteiger partial charge in [-0.3, -0.25) is 9.69 Å². The molecule has 0 bridgehead atoms. The topological polar surface area (TPSA) is 101 Å². The first-order chi connectivity index (χ1) is 20.7. The SMILES string of the molecule is CS(=O)(=O)c1ccc(CN2CCC(c3c(C(=O)N4CCC(c5ccc(F)cc5)C4)cnn3-c3ncc(F)cn3)CC2)cc1. The average Bonchev–Trinajstić information content (AvgIpc) is 3.67. The average molecular weight is 607 g/mol. The van der Waals surface area contributed by atoms with E-state index < -0.39 is 15.7 Å². The summed E-state index contributed by atoms with van der Waals surface area (Å²) in [6.07, 6.45) is 7.22. The van der Waals surface area contributed by atoms with Gasteiger partial charge in [-0.05, 0) is 67.7 Å². The molecular formula is C31H32F2N6O3S. The third-order valence-corrected chi connectivity index (χ3v) is 9.51. The van der Waals surface area contributed by atoms with E-state index in [9.17, 15) is 22.0 Å². The molecule has 1 atom stereocenters. The molecule has 2 aromatic heterocycles. The van der Waals surface area contributed by atoms with Gasteiger partial charge in [0, 0.05) is 37.7 Å². The number of halogens is 2. The lowest BCUT2D eigenvalue weighted by atomic mass is 9.90. The van der Waals surface area contributed by atoms with E-state index in [1.807, 2.05) is 17.0 Å². The van der Waals surface area contributed by atoms with Gasteiger partial charge in [0.1, 0.15) is 5.82 Å². The van der Waals surface area contributed by atoms with E-state index in [1.54, 1.807) is 35.1 Å². The molecule has 0 aliphatic carbocycles. The van der Waals surface area contributed by atoms with Gasteiger partial charge < -0.3 is 4.90 Å². The number of aromatic nitrogens is 4. The van der Waals surface area contributed by atoms with Gasteiger partial charge in [0.2, 0.25) is 0 Å². The highest BCUT2D eigenvalue weighted by Crippen LogP contribution is 2.34. The molecule has 0 radical (unpaired) electrons. The van der Waals surface area contributed by atoms with Crippen LogP contribution in [0.25, 0.3) is 5.95 Å². The summed E-state index contributed by atoms with van der Waals surface area (Å²) in [6.45, 7) is 3.31. The summed E-state index contributed by atoms with van der Waals surface area (Å²) in [6, 6.07) is 13.4. The fourth-order valence-electron chi connectivity index (χ4n) is 6.08. The molecule has 2 aliphatic heterocycles. The number of carbonyl (C=O) groups is 1. The van der Waals surface area contributed by atoms with Crippen molar-refractivity contribution in [2.45, 2.75) is 42.5 Å². The van der Waals surface area contributed by atoms with Crippen LogP contribution in [0.4, 0.5) is 8.78 Å². The van der Waals surface area contributed by atoms with Gasteiger partial charge in [0.05, 0.1) is 34.7 Å². The lowest BCUT2D eigenvalue weighted by Gasteiger charge is -2.32. The van der Waals surface area contributed by atoms with Crippen LogP contribution in [0.5, 0.6) is 0 Å². The molecule has 0 saturated carbocycles. The summed E-state index contributed by atoms with van der Waals surface area (Å²) in [7, 11) is -3.25. The molecule has 43 heavy (non-hydrogen) atoms. The van der Waals surface area contributed by atoms with E-state index in [-0.39, 0.29) is 29.5 Å². The first kappa shape index (κ1) is 29.1. The molecule has 1 unspecified atom stereocenters. The Hall–Kier alpha value is -4.03. The molecule has 0 N–H and O–H groups in total. The zero-order valence-electron chi connectivity index (χ0n) is 23.7. The third kappa shape index (κ3) is 6.35. The summed E-state index contributed by atoms with van der Waals surface area (Å²) in [4.78, 5) is 26.6. The summed E-state index contributed by atoms with van der Waals surface area (Å²) < 4.78 is 52.2. The van der Waals surface area contributed by atoms with Crippen molar-refractivity contribution in [1.29, 1.82) is 0 Å². The number of sulfone groups is 1. The first-order valence-corrected chi connectivity index (χ1v) is 16.2. The van der Waals surface area contributed by atoms with Crippen molar-refractivity contribution in [2.24, 2.45) is 0 Å². The maximum absolute atomic E-state index is 13.9. The molecule has 2 saturated heterocycles. The van der Waals surface area contributed by atoms with E-state index in [0.717, 1.165) is 61.6 Å². The maximum Gasteiger partial charge on any atom is 0.257 e. The number of nitrogens with zero attached hydrogens (tertiary/aromatic N) is 6. The van der Waals surface area contributed by atoms with Crippen molar-refractivity contribution >= 4 is 15.7 Å². The van der Waals surface area contributed by atoms with Gasteiger partial charge >= 0.3 is 0 Å². The van der Waals surface area contributed by atoms with E-state index in [2.05, 4.69) is 20.0 Å². The molecule has 12 heteroatoms. The summed E-state index contributed by atoms with van der Waals surface area (Å²) in [5, 5.41) is 4.50. The number of benzene rings is 2. The second kappa shape index (κ2) is 11.9. The smallest absolute Gasteiger partial charge is 0.257 e. The van der Waals surface area contributed by atoms with Gasteiger partial charge in [-0.1, -0.05) is 24.3 Å². The zero-order valence-corrected chi connectivity index (χ0v) is 24.6. The third-order valence-electron chi connectivity index (χ3n) is 8.38. The van der Waals surface area contributed by atoms with Crippen LogP contribution < -0.4 is 0 Å². The predicted octanol–water partition coefficient (Wildman–Crippen LogP) is 4.35. The Morgan fingerprint density at radius 1 is 0.860 bits per heavy atom.